The molecule has 1 aliphatic rings. The first-order valence-electron chi connectivity index (χ1n) is 10.2. The van der Waals surface area contributed by atoms with Crippen LogP contribution in [0.25, 0.3) is 0 Å². The molecule has 2 rings (SSSR count). The number of benzene rings is 1. The van der Waals surface area contributed by atoms with Gasteiger partial charge in [0.15, 0.2) is 0 Å². The van der Waals surface area contributed by atoms with Gasteiger partial charge in [-0.1, -0.05) is 75.3 Å². The van der Waals surface area contributed by atoms with Gasteiger partial charge in [-0.2, -0.15) is 13.2 Å². The highest BCUT2D eigenvalue weighted by Gasteiger charge is 2.25. The smallest absolute Gasteiger partial charge is 0.171 e. The summed E-state index contributed by atoms with van der Waals surface area (Å²) in [6.07, 6.45) is 8.93. The summed E-state index contributed by atoms with van der Waals surface area (Å²) in [5, 5.41) is 0. The number of unbranched alkanes of at least 4 members (excludes halogenated alkanes) is 6. The number of halogens is 3. The molecule has 0 N–H and O–H groups in total. The maximum Gasteiger partial charge on any atom is 0.389 e. The third kappa shape index (κ3) is 8.78. The molecule has 0 heterocycles. The molecule has 1 fully saturated rings. The second-order valence-electron chi connectivity index (χ2n) is 7.76. The fourth-order valence-corrected chi connectivity index (χ4v) is 4.15. The fourth-order valence-electron chi connectivity index (χ4n) is 4.15. The van der Waals surface area contributed by atoms with Gasteiger partial charge >= 0.3 is 6.18 Å². The molecule has 0 unspecified atom stereocenters. The van der Waals surface area contributed by atoms with Crippen LogP contribution in [0, 0.1) is 5.92 Å². The molecule has 1 aromatic rings. The minimum atomic E-state index is -3.97. The number of alkyl halides is 3. The zero-order valence-electron chi connectivity index (χ0n) is 15.4. The lowest BCUT2D eigenvalue weighted by Gasteiger charge is -2.28. The first kappa shape index (κ1) is 20.3. The van der Waals surface area contributed by atoms with Gasteiger partial charge in [-0.3, -0.25) is 0 Å². The van der Waals surface area contributed by atoms with E-state index in [1.807, 2.05) is 0 Å². The van der Waals surface area contributed by atoms with Gasteiger partial charge < -0.3 is 0 Å². The van der Waals surface area contributed by atoms with Crippen LogP contribution in [0.2, 0.25) is 0 Å². The third-order valence-corrected chi connectivity index (χ3v) is 5.69. The predicted octanol–water partition coefficient (Wildman–Crippen LogP) is 8.03. The summed E-state index contributed by atoms with van der Waals surface area (Å²) in [5.74, 6) is 1.65. The Morgan fingerprint density at radius 3 is 1.88 bits per heavy atom. The largest absolute Gasteiger partial charge is 0.389 e. The maximum absolute atomic E-state index is 12.0. The van der Waals surface area contributed by atoms with Crippen molar-refractivity contribution in [1.29, 1.82) is 0 Å². The van der Waals surface area contributed by atoms with Crippen LogP contribution < -0.4 is 0 Å². The predicted molar refractivity (Wildman–Crippen MR) is 98.7 cm³/mol. The lowest BCUT2D eigenvalue weighted by Crippen LogP contribution is -2.13. The number of hydrogen-bond acceptors (Lipinski definition) is 0. The zero-order chi connectivity index (χ0) is 18.0. The molecule has 0 radical (unpaired) electrons. The van der Waals surface area contributed by atoms with Crippen molar-refractivity contribution in [3.8, 4) is 0 Å². The summed E-state index contributed by atoms with van der Waals surface area (Å²) in [6, 6.07) is 10.9. The van der Waals surface area contributed by atoms with Gasteiger partial charge in [0.1, 0.15) is 0 Å². The Morgan fingerprint density at radius 1 is 0.720 bits per heavy atom. The van der Waals surface area contributed by atoms with E-state index in [-0.39, 0.29) is 0 Å². The van der Waals surface area contributed by atoms with Gasteiger partial charge in [0.2, 0.25) is 0 Å². The Bertz CT molecular complexity index is 444. The molecule has 1 aromatic carbocycles. The Morgan fingerprint density at radius 2 is 1.28 bits per heavy atom. The van der Waals surface area contributed by atoms with E-state index in [1.54, 1.807) is 0 Å². The van der Waals surface area contributed by atoms with Crippen LogP contribution in [0.5, 0.6) is 0 Å². The van der Waals surface area contributed by atoms with Crippen molar-refractivity contribution in [2.45, 2.75) is 95.6 Å². The normalized spacial score (nSPS) is 21.4. The van der Waals surface area contributed by atoms with E-state index >= 15 is 0 Å². The highest BCUT2D eigenvalue weighted by atomic mass is 19.4. The van der Waals surface area contributed by atoms with E-state index < -0.39 is 12.6 Å². The fraction of sp³-hybridized carbons (Fsp3) is 0.727. The van der Waals surface area contributed by atoms with Crippen LogP contribution in [0.15, 0.2) is 30.3 Å². The Balaban J connectivity index is 1.43. The Labute approximate surface area is 151 Å². The van der Waals surface area contributed by atoms with Gasteiger partial charge in [-0.05, 0) is 49.5 Å². The lowest BCUT2D eigenvalue weighted by molar-refractivity contribution is -0.135. The molecule has 0 spiro atoms. The molecule has 0 amide bonds. The summed E-state index contributed by atoms with van der Waals surface area (Å²) in [7, 11) is 0. The molecular weight excluding hydrogens is 321 g/mol. The van der Waals surface area contributed by atoms with Crippen molar-refractivity contribution >= 4 is 0 Å². The van der Waals surface area contributed by atoms with E-state index in [2.05, 4.69) is 30.3 Å². The van der Waals surface area contributed by atoms with Crippen molar-refractivity contribution in [3.05, 3.63) is 35.9 Å². The summed E-state index contributed by atoms with van der Waals surface area (Å²) >= 11 is 0. The molecule has 25 heavy (non-hydrogen) atoms. The van der Waals surface area contributed by atoms with E-state index in [4.69, 9.17) is 0 Å². The molecule has 1 aliphatic carbocycles. The molecule has 0 nitrogen and oxygen atoms in total. The Hall–Kier alpha value is -0.990. The van der Waals surface area contributed by atoms with Crippen LogP contribution in [-0.2, 0) is 0 Å². The van der Waals surface area contributed by atoms with E-state index in [1.165, 1.54) is 56.9 Å². The van der Waals surface area contributed by atoms with Crippen LogP contribution in [-0.4, -0.2) is 6.18 Å². The van der Waals surface area contributed by atoms with E-state index in [0.717, 1.165) is 31.1 Å². The monoisotopic (exact) mass is 354 g/mol. The molecule has 0 aromatic heterocycles. The first-order chi connectivity index (χ1) is 12.0. The number of hydrogen-bond donors (Lipinski definition) is 0. The minimum Gasteiger partial charge on any atom is -0.171 e. The second kappa shape index (κ2) is 10.9. The minimum absolute atomic E-state index is 0.300. The van der Waals surface area contributed by atoms with Gasteiger partial charge in [0, 0.05) is 6.42 Å². The van der Waals surface area contributed by atoms with Crippen LogP contribution in [0.1, 0.15) is 95.0 Å². The summed E-state index contributed by atoms with van der Waals surface area (Å²) in [4.78, 5) is 0. The van der Waals surface area contributed by atoms with Crippen molar-refractivity contribution < 1.29 is 13.2 Å². The molecular formula is C22H33F3. The van der Waals surface area contributed by atoms with Gasteiger partial charge in [-0.15, -0.1) is 0 Å². The summed E-state index contributed by atoms with van der Waals surface area (Å²) < 4.78 is 36.1. The van der Waals surface area contributed by atoms with Crippen molar-refractivity contribution in [2.75, 3.05) is 0 Å². The average Bonchev–Trinajstić information content (AvgIpc) is 2.61. The van der Waals surface area contributed by atoms with Crippen molar-refractivity contribution in [1.82, 2.24) is 0 Å². The lowest BCUT2D eigenvalue weighted by atomic mass is 9.77. The van der Waals surface area contributed by atoms with Crippen molar-refractivity contribution in [2.24, 2.45) is 5.92 Å². The molecule has 0 saturated heterocycles. The SMILES string of the molecule is FC(F)(F)CCCCCCCCC[C@H]1CC[C@H](c2ccccc2)CC1. The topological polar surface area (TPSA) is 0 Å². The van der Waals surface area contributed by atoms with Crippen LogP contribution in [0.3, 0.4) is 0 Å². The van der Waals surface area contributed by atoms with Crippen molar-refractivity contribution in [3.63, 3.8) is 0 Å². The zero-order valence-corrected chi connectivity index (χ0v) is 15.4. The summed E-state index contributed by atoms with van der Waals surface area (Å²) in [6.45, 7) is 0. The highest BCUT2D eigenvalue weighted by Crippen LogP contribution is 2.37. The van der Waals surface area contributed by atoms with Crippen LogP contribution in [0.4, 0.5) is 13.2 Å². The molecule has 142 valence electrons. The van der Waals surface area contributed by atoms with Gasteiger partial charge in [-0.25, -0.2) is 0 Å². The van der Waals surface area contributed by atoms with Gasteiger partial charge in [0.25, 0.3) is 0 Å². The second-order valence-corrected chi connectivity index (χ2v) is 7.76. The molecule has 1 saturated carbocycles. The van der Waals surface area contributed by atoms with E-state index in [0.29, 0.717) is 6.42 Å². The first-order valence-corrected chi connectivity index (χ1v) is 10.2. The highest BCUT2D eigenvalue weighted by molar-refractivity contribution is 5.19. The Kier molecular flexibility index (Phi) is 8.84. The summed E-state index contributed by atoms with van der Waals surface area (Å²) in [5.41, 5.74) is 1.51. The standard InChI is InChI=1S/C22H33F3/c23-22(24,25)18-10-5-3-1-2-4-7-11-19-14-16-21(17-15-19)20-12-8-6-9-13-20/h6,8-9,12-13,19,21H,1-5,7,10-11,14-18H2/t19-,21-. The molecule has 0 aliphatic heterocycles. The van der Waals surface area contributed by atoms with Gasteiger partial charge in [0.05, 0.1) is 0 Å². The average molecular weight is 355 g/mol. The third-order valence-electron chi connectivity index (χ3n) is 5.69. The van der Waals surface area contributed by atoms with E-state index in [9.17, 15) is 13.2 Å². The number of rotatable bonds is 10. The molecule has 0 bridgehead atoms. The molecule has 0 atom stereocenters. The quantitative estimate of drug-likeness (QED) is 0.373. The maximum atomic E-state index is 12.0. The van der Waals surface area contributed by atoms with Crippen LogP contribution >= 0.6 is 0 Å². The molecule has 3 heteroatoms.